The Kier molecular flexibility index (Phi) is 3.34. The molecule has 0 unspecified atom stereocenters. The van der Waals surface area contributed by atoms with Gasteiger partial charge in [0.1, 0.15) is 6.54 Å². The van der Waals surface area contributed by atoms with Crippen LogP contribution >= 0.6 is 0 Å². The van der Waals surface area contributed by atoms with Gasteiger partial charge in [-0.05, 0) is 45.8 Å². The molecule has 4 rings (SSSR count). The highest BCUT2D eigenvalue weighted by atomic mass is 15.6. The minimum atomic E-state index is 0.455. The van der Waals surface area contributed by atoms with Gasteiger partial charge in [0.2, 0.25) is 0 Å². The largest absolute Gasteiger partial charge is 0.222 e. The number of rotatable bonds is 4. The predicted molar refractivity (Wildman–Crippen MR) is 77.3 cm³/mol. The SMILES string of the molecule is c1ccc(-n2nnnc2Cn2nnnc2C2CCCC2)cc1. The van der Waals surface area contributed by atoms with E-state index in [0.29, 0.717) is 12.5 Å². The van der Waals surface area contributed by atoms with E-state index in [1.165, 1.54) is 12.8 Å². The first-order chi connectivity index (χ1) is 10.9. The fourth-order valence-corrected chi connectivity index (χ4v) is 3.01. The Bertz CT molecular complexity index is 741. The lowest BCUT2D eigenvalue weighted by atomic mass is 10.1. The maximum absolute atomic E-state index is 4.21. The highest BCUT2D eigenvalue weighted by molar-refractivity contribution is 5.30. The summed E-state index contributed by atoms with van der Waals surface area (Å²) < 4.78 is 3.54. The molecule has 0 N–H and O–H groups in total. The minimum absolute atomic E-state index is 0.455. The van der Waals surface area contributed by atoms with Crippen LogP contribution in [0.5, 0.6) is 0 Å². The Hall–Kier alpha value is -2.64. The van der Waals surface area contributed by atoms with Crippen LogP contribution in [0.1, 0.15) is 43.3 Å². The molecule has 1 saturated carbocycles. The van der Waals surface area contributed by atoms with Crippen molar-refractivity contribution in [1.29, 1.82) is 0 Å². The standard InChI is InChI=1S/C14H16N8/c1-2-8-12(9-3-1)22-13(15-17-20-22)10-21-14(16-18-19-21)11-6-4-5-7-11/h1-3,8-9,11H,4-7,10H2. The first kappa shape index (κ1) is 13.1. The number of tetrazole rings is 2. The molecule has 1 fully saturated rings. The summed E-state index contributed by atoms with van der Waals surface area (Å²) in [5.74, 6) is 2.12. The fourth-order valence-electron chi connectivity index (χ4n) is 3.01. The smallest absolute Gasteiger partial charge is 0.178 e. The van der Waals surface area contributed by atoms with Crippen molar-refractivity contribution in [2.24, 2.45) is 0 Å². The molecule has 8 nitrogen and oxygen atoms in total. The van der Waals surface area contributed by atoms with Crippen molar-refractivity contribution in [3.63, 3.8) is 0 Å². The lowest BCUT2D eigenvalue weighted by Gasteiger charge is -2.09. The summed E-state index contributed by atoms with van der Waals surface area (Å²) in [5.41, 5.74) is 0.929. The summed E-state index contributed by atoms with van der Waals surface area (Å²) in [4.78, 5) is 0. The van der Waals surface area contributed by atoms with Crippen LogP contribution in [0.25, 0.3) is 5.69 Å². The molecule has 0 atom stereocenters. The second-order valence-corrected chi connectivity index (χ2v) is 5.52. The van der Waals surface area contributed by atoms with E-state index >= 15 is 0 Å². The zero-order valence-electron chi connectivity index (χ0n) is 12.1. The van der Waals surface area contributed by atoms with Gasteiger partial charge in [-0.15, -0.1) is 10.2 Å². The van der Waals surface area contributed by atoms with Crippen molar-refractivity contribution in [2.75, 3.05) is 0 Å². The molecule has 8 heteroatoms. The molecule has 0 spiro atoms. The van der Waals surface area contributed by atoms with Gasteiger partial charge < -0.3 is 0 Å². The van der Waals surface area contributed by atoms with E-state index in [4.69, 9.17) is 0 Å². The Morgan fingerprint density at radius 3 is 2.55 bits per heavy atom. The highest BCUT2D eigenvalue weighted by Crippen LogP contribution is 2.32. The molecule has 112 valence electrons. The zero-order valence-corrected chi connectivity index (χ0v) is 12.1. The number of hydrogen-bond donors (Lipinski definition) is 0. The van der Waals surface area contributed by atoms with Gasteiger partial charge in [-0.3, -0.25) is 0 Å². The van der Waals surface area contributed by atoms with Crippen LogP contribution in [-0.4, -0.2) is 40.4 Å². The van der Waals surface area contributed by atoms with Gasteiger partial charge in [0.25, 0.3) is 0 Å². The third-order valence-corrected chi connectivity index (χ3v) is 4.11. The maximum atomic E-state index is 4.21. The third kappa shape index (κ3) is 2.36. The van der Waals surface area contributed by atoms with Gasteiger partial charge >= 0.3 is 0 Å². The van der Waals surface area contributed by atoms with Crippen LogP contribution in [0.3, 0.4) is 0 Å². The van der Waals surface area contributed by atoms with E-state index in [0.717, 1.165) is 30.2 Å². The first-order valence-corrected chi connectivity index (χ1v) is 7.50. The summed E-state index contributed by atoms with van der Waals surface area (Å²) in [5, 5.41) is 24.1. The normalized spacial score (nSPS) is 15.5. The summed E-state index contributed by atoms with van der Waals surface area (Å²) in [6.45, 7) is 0.473. The third-order valence-electron chi connectivity index (χ3n) is 4.11. The number of hydrogen-bond acceptors (Lipinski definition) is 6. The van der Waals surface area contributed by atoms with Gasteiger partial charge in [-0.25, -0.2) is 4.68 Å². The predicted octanol–water partition coefficient (Wildman–Crippen LogP) is 1.35. The minimum Gasteiger partial charge on any atom is -0.222 e. The van der Waals surface area contributed by atoms with E-state index in [1.54, 1.807) is 4.68 Å². The van der Waals surface area contributed by atoms with Crippen molar-refractivity contribution in [1.82, 2.24) is 40.4 Å². The quantitative estimate of drug-likeness (QED) is 0.722. The summed E-state index contributed by atoms with van der Waals surface area (Å²) in [6.07, 6.45) is 4.81. The number of aromatic nitrogens is 8. The summed E-state index contributed by atoms with van der Waals surface area (Å²) in [7, 11) is 0. The number of benzene rings is 1. The second kappa shape index (κ2) is 5.63. The topological polar surface area (TPSA) is 87.2 Å². The van der Waals surface area contributed by atoms with E-state index in [-0.39, 0.29) is 0 Å². The highest BCUT2D eigenvalue weighted by Gasteiger charge is 2.24. The number of para-hydroxylation sites is 1. The Balaban J connectivity index is 1.63. The van der Waals surface area contributed by atoms with Crippen molar-refractivity contribution in [3.05, 3.63) is 42.0 Å². The number of nitrogens with zero attached hydrogens (tertiary/aromatic N) is 8. The van der Waals surface area contributed by atoms with E-state index in [1.807, 2.05) is 35.0 Å². The molecular weight excluding hydrogens is 280 g/mol. The molecule has 1 aromatic carbocycles. The van der Waals surface area contributed by atoms with Crippen LogP contribution in [0, 0.1) is 0 Å². The van der Waals surface area contributed by atoms with Crippen LogP contribution in [-0.2, 0) is 6.54 Å². The van der Waals surface area contributed by atoms with Gasteiger partial charge in [0.15, 0.2) is 11.6 Å². The lowest BCUT2D eigenvalue weighted by molar-refractivity contribution is 0.546. The summed E-state index contributed by atoms with van der Waals surface area (Å²) in [6, 6.07) is 9.82. The van der Waals surface area contributed by atoms with Crippen molar-refractivity contribution >= 4 is 0 Å². The first-order valence-electron chi connectivity index (χ1n) is 7.50. The van der Waals surface area contributed by atoms with Gasteiger partial charge in [-0.2, -0.15) is 4.68 Å². The molecular formula is C14H16N8. The van der Waals surface area contributed by atoms with Crippen molar-refractivity contribution in [3.8, 4) is 5.69 Å². The lowest BCUT2D eigenvalue weighted by Crippen LogP contribution is -2.14. The molecule has 0 aliphatic heterocycles. The molecule has 0 bridgehead atoms. The molecule has 3 aromatic rings. The molecule has 0 saturated heterocycles. The maximum Gasteiger partial charge on any atom is 0.178 e. The zero-order chi connectivity index (χ0) is 14.8. The van der Waals surface area contributed by atoms with Gasteiger partial charge in [0, 0.05) is 5.92 Å². The van der Waals surface area contributed by atoms with Crippen molar-refractivity contribution < 1.29 is 0 Å². The van der Waals surface area contributed by atoms with Crippen LogP contribution < -0.4 is 0 Å². The van der Waals surface area contributed by atoms with Crippen LogP contribution in [0.15, 0.2) is 30.3 Å². The molecule has 2 aromatic heterocycles. The molecule has 0 amide bonds. The molecule has 1 aliphatic carbocycles. The second-order valence-electron chi connectivity index (χ2n) is 5.52. The Labute approximate surface area is 127 Å². The van der Waals surface area contributed by atoms with E-state index < -0.39 is 0 Å². The fraction of sp³-hybridized carbons (Fsp3) is 0.429. The molecule has 0 radical (unpaired) electrons. The van der Waals surface area contributed by atoms with E-state index in [2.05, 4.69) is 31.1 Å². The average molecular weight is 296 g/mol. The van der Waals surface area contributed by atoms with E-state index in [9.17, 15) is 0 Å². The van der Waals surface area contributed by atoms with Crippen LogP contribution in [0.4, 0.5) is 0 Å². The van der Waals surface area contributed by atoms with Crippen molar-refractivity contribution in [2.45, 2.75) is 38.1 Å². The monoisotopic (exact) mass is 296 g/mol. The molecule has 22 heavy (non-hydrogen) atoms. The molecule has 1 aliphatic rings. The van der Waals surface area contributed by atoms with Gasteiger partial charge in [-0.1, -0.05) is 31.0 Å². The van der Waals surface area contributed by atoms with Gasteiger partial charge in [0.05, 0.1) is 5.69 Å². The Morgan fingerprint density at radius 2 is 1.73 bits per heavy atom. The summed E-state index contributed by atoms with van der Waals surface area (Å²) >= 11 is 0. The average Bonchev–Trinajstić information content (AvgIpc) is 3.30. The Morgan fingerprint density at radius 1 is 0.955 bits per heavy atom. The van der Waals surface area contributed by atoms with Crippen LogP contribution in [0.2, 0.25) is 0 Å². The molecule has 2 heterocycles.